The number of rotatable bonds is 6. The first kappa shape index (κ1) is 17.7. The van der Waals surface area contributed by atoms with Crippen molar-refractivity contribution in [3.05, 3.63) is 35.9 Å². The third-order valence-electron chi connectivity index (χ3n) is 3.03. The number of alkyl carbamates (subject to hydrolysis) is 1. The van der Waals surface area contributed by atoms with Crippen molar-refractivity contribution < 1.29 is 24.2 Å². The van der Waals surface area contributed by atoms with Gasteiger partial charge in [0.2, 0.25) is 0 Å². The Balaban J connectivity index is 2.54. The summed E-state index contributed by atoms with van der Waals surface area (Å²) in [7, 11) is 0. The second-order valence-corrected chi connectivity index (χ2v) is 5.97. The van der Waals surface area contributed by atoms with Crippen LogP contribution in [0.15, 0.2) is 30.3 Å². The van der Waals surface area contributed by atoms with Gasteiger partial charge in [-0.05, 0) is 5.56 Å². The summed E-state index contributed by atoms with van der Waals surface area (Å²) >= 11 is 0. The highest BCUT2D eigenvalue weighted by atomic mass is 16.5. The van der Waals surface area contributed by atoms with Gasteiger partial charge >= 0.3 is 12.1 Å². The normalized spacial score (nSPS) is 12.3. The van der Waals surface area contributed by atoms with Gasteiger partial charge in [-0.1, -0.05) is 51.1 Å². The minimum absolute atomic E-state index is 0.0340. The van der Waals surface area contributed by atoms with Gasteiger partial charge in [0.15, 0.2) is 0 Å². The van der Waals surface area contributed by atoms with Crippen molar-refractivity contribution in [3.63, 3.8) is 0 Å². The number of carboxylic acids is 1. The number of hydrogen-bond donors (Lipinski definition) is 2. The molecule has 0 aliphatic carbocycles. The first-order valence-electron chi connectivity index (χ1n) is 6.93. The maximum Gasteiger partial charge on any atom is 0.408 e. The van der Waals surface area contributed by atoms with Crippen LogP contribution < -0.4 is 5.32 Å². The summed E-state index contributed by atoms with van der Waals surface area (Å²) < 4.78 is 4.95. The van der Waals surface area contributed by atoms with Crippen LogP contribution in [0.25, 0.3) is 0 Å². The van der Waals surface area contributed by atoms with E-state index in [9.17, 15) is 14.4 Å². The number of ether oxygens (including phenoxy) is 1. The molecule has 0 aliphatic rings. The molecular weight excluding hydrogens is 286 g/mol. The van der Waals surface area contributed by atoms with Crippen LogP contribution in [0.5, 0.6) is 0 Å². The number of amides is 1. The second-order valence-electron chi connectivity index (χ2n) is 5.97. The largest absolute Gasteiger partial charge is 0.480 e. The zero-order chi connectivity index (χ0) is 16.8. The third-order valence-corrected chi connectivity index (χ3v) is 3.03. The van der Waals surface area contributed by atoms with Crippen LogP contribution in [-0.4, -0.2) is 29.0 Å². The molecule has 0 heterocycles. The Bertz CT molecular complexity index is 533. The van der Waals surface area contributed by atoms with E-state index in [0.29, 0.717) is 0 Å². The standard InChI is InChI=1S/C16H21NO5/c1-16(2,3)13(18)9-12(14(19)20)17-15(21)22-10-11-7-5-4-6-8-11/h4-8,12H,9-10H2,1-3H3,(H,17,21)(H,19,20). The molecule has 1 aromatic rings. The fourth-order valence-electron chi connectivity index (χ4n) is 1.60. The Labute approximate surface area is 129 Å². The Kier molecular flexibility index (Phi) is 6.10. The lowest BCUT2D eigenvalue weighted by atomic mass is 9.87. The van der Waals surface area contributed by atoms with Crippen molar-refractivity contribution in [1.82, 2.24) is 5.32 Å². The van der Waals surface area contributed by atoms with Crippen molar-refractivity contribution in [2.45, 2.75) is 39.8 Å². The Morgan fingerprint density at radius 2 is 1.77 bits per heavy atom. The second kappa shape index (κ2) is 7.59. The first-order chi connectivity index (χ1) is 10.2. The molecule has 0 saturated heterocycles. The van der Waals surface area contributed by atoms with Crippen LogP contribution in [0.2, 0.25) is 0 Å². The van der Waals surface area contributed by atoms with Gasteiger partial charge in [-0.15, -0.1) is 0 Å². The molecule has 0 radical (unpaired) electrons. The molecule has 0 spiro atoms. The number of nitrogens with one attached hydrogen (secondary N) is 1. The lowest BCUT2D eigenvalue weighted by Crippen LogP contribution is -2.43. The zero-order valence-corrected chi connectivity index (χ0v) is 13.0. The minimum atomic E-state index is -1.30. The predicted molar refractivity (Wildman–Crippen MR) is 80.3 cm³/mol. The number of carbonyl (C=O) groups is 3. The van der Waals surface area contributed by atoms with Crippen LogP contribution in [0.1, 0.15) is 32.8 Å². The van der Waals surface area contributed by atoms with Gasteiger partial charge in [-0.2, -0.15) is 0 Å². The van der Waals surface area contributed by atoms with E-state index in [1.54, 1.807) is 45.0 Å². The number of carboxylic acid groups (broad SMARTS) is 1. The van der Waals surface area contributed by atoms with Gasteiger partial charge in [0.25, 0.3) is 0 Å². The molecule has 2 N–H and O–H groups in total. The molecule has 6 heteroatoms. The number of hydrogen-bond acceptors (Lipinski definition) is 4. The van der Waals surface area contributed by atoms with Crippen molar-refractivity contribution in [2.75, 3.05) is 0 Å². The number of benzene rings is 1. The van der Waals surface area contributed by atoms with Crippen LogP contribution in [0.3, 0.4) is 0 Å². The quantitative estimate of drug-likeness (QED) is 0.841. The number of aliphatic carboxylic acids is 1. The number of ketones is 1. The minimum Gasteiger partial charge on any atom is -0.480 e. The smallest absolute Gasteiger partial charge is 0.408 e. The zero-order valence-electron chi connectivity index (χ0n) is 13.0. The maximum atomic E-state index is 11.9. The molecule has 0 aliphatic heterocycles. The van der Waals surface area contributed by atoms with Crippen molar-refractivity contribution in [3.8, 4) is 0 Å². The Morgan fingerprint density at radius 3 is 2.27 bits per heavy atom. The summed E-state index contributed by atoms with van der Waals surface area (Å²) in [5.41, 5.74) is 0.124. The highest BCUT2D eigenvalue weighted by molar-refractivity contribution is 5.90. The van der Waals surface area contributed by atoms with Crippen molar-refractivity contribution in [2.24, 2.45) is 5.41 Å². The van der Waals surface area contributed by atoms with E-state index < -0.39 is 23.5 Å². The van der Waals surface area contributed by atoms with E-state index in [1.807, 2.05) is 6.07 Å². The molecule has 0 bridgehead atoms. The van der Waals surface area contributed by atoms with Gasteiger partial charge in [0, 0.05) is 11.8 Å². The molecule has 0 fully saturated rings. The molecule has 0 aromatic heterocycles. The molecule has 0 saturated carbocycles. The van der Waals surface area contributed by atoms with Crippen molar-refractivity contribution in [1.29, 1.82) is 0 Å². The highest BCUT2D eigenvalue weighted by Gasteiger charge is 2.29. The molecule has 1 atom stereocenters. The molecular formula is C16H21NO5. The summed E-state index contributed by atoms with van der Waals surface area (Å²) in [6.07, 6.45) is -1.14. The fraction of sp³-hybridized carbons (Fsp3) is 0.438. The summed E-state index contributed by atoms with van der Waals surface area (Å²) in [5, 5.41) is 11.3. The first-order valence-corrected chi connectivity index (χ1v) is 6.93. The summed E-state index contributed by atoms with van der Waals surface area (Å²) in [6.45, 7) is 5.12. The average molecular weight is 307 g/mol. The Hall–Kier alpha value is -2.37. The van der Waals surface area contributed by atoms with Crippen LogP contribution in [0.4, 0.5) is 4.79 Å². The molecule has 1 unspecified atom stereocenters. The SMILES string of the molecule is CC(C)(C)C(=O)CC(NC(=O)OCc1ccccc1)C(=O)O. The molecule has 1 rings (SSSR count). The van der Waals surface area contributed by atoms with Crippen LogP contribution in [-0.2, 0) is 20.9 Å². The maximum absolute atomic E-state index is 11.9. The molecule has 22 heavy (non-hydrogen) atoms. The van der Waals surface area contributed by atoms with Gasteiger partial charge in [0.05, 0.1) is 0 Å². The Morgan fingerprint density at radius 1 is 1.18 bits per heavy atom. The monoisotopic (exact) mass is 307 g/mol. The van der Waals surface area contributed by atoms with E-state index in [0.717, 1.165) is 5.56 Å². The van der Waals surface area contributed by atoms with E-state index >= 15 is 0 Å². The van der Waals surface area contributed by atoms with Gasteiger partial charge in [-0.25, -0.2) is 9.59 Å². The number of Topliss-reactive ketones (excluding diaryl/α,β-unsaturated/α-hetero) is 1. The third kappa shape index (κ3) is 5.95. The fourth-order valence-corrected chi connectivity index (χ4v) is 1.60. The van der Waals surface area contributed by atoms with E-state index in [2.05, 4.69) is 5.32 Å². The molecule has 120 valence electrons. The summed E-state index contributed by atoms with van der Waals surface area (Å²) in [5.74, 6) is -1.52. The van der Waals surface area contributed by atoms with Crippen LogP contribution >= 0.6 is 0 Å². The molecule has 1 amide bonds. The topological polar surface area (TPSA) is 92.7 Å². The van der Waals surface area contributed by atoms with E-state index in [4.69, 9.17) is 9.84 Å². The number of carbonyl (C=O) groups excluding carboxylic acids is 2. The average Bonchev–Trinajstić information content (AvgIpc) is 2.44. The molecule has 1 aromatic carbocycles. The van der Waals surface area contributed by atoms with Gasteiger partial charge in [-0.3, -0.25) is 4.79 Å². The summed E-state index contributed by atoms with van der Waals surface area (Å²) in [6, 6.07) is 7.71. The van der Waals surface area contributed by atoms with Gasteiger partial charge < -0.3 is 15.2 Å². The molecule has 6 nitrogen and oxygen atoms in total. The van der Waals surface area contributed by atoms with Crippen molar-refractivity contribution >= 4 is 17.8 Å². The lowest BCUT2D eigenvalue weighted by molar-refractivity contribution is -0.142. The lowest BCUT2D eigenvalue weighted by Gasteiger charge is -2.20. The van der Waals surface area contributed by atoms with E-state index in [-0.39, 0.29) is 18.8 Å². The van der Waals surface area contributed by atoms with Gasteiger partial charge in [0.1, 0.15) is 18.4 Å². The highest BCUT2D eigenvalue weighted by Crippen LogP contribution is 2.18. The van der Waals surface area contributed by atoms with E-state index in [1.165, 1.54) is 0 Å². The summed E-state index contributed by atoms with van der Waals surface area (Å²) in [4.78, 5) is 34.7. The predicted octanol–water partition coefficient (Wildman–Crippen LogP) is 2.37. The van der Waals surface area contributed by atoms with Crippen LogP contribution in [0, 0.1) is 5.41 Å².